The van der Waals surface area contributed by atoms with E-state index in [4.69, 9.17) is 14.2 Å². The number of hydrogen-bond donors (Lipinski definition) is 1. The molecule has 0 aliphatic carbocycles. The van der Waals surface area contributed by atoms with Crippen LogP contribution in [-0.4, -0.2) is 50.1 Å². The number of nitrogens with zero attached hydrogens (tertiary/aromatic N) is 1. The summed E-state index contributed by atoms with van der Waals surface area (Å²) in [6.45, 7) is 2.73. The maximum absolute atomic E-state index is 13.2. The Bertz CT molecular complexity index is 1060. The monoisotopic (exact) mass is 448 g/mol. The zero-order valence-electron chi connectivity index (χ0n) is 18.8. The summed E-state index contributed by atoms with van der Waals surface area (Å²) in [5, 5.41) is 2.80. The van der Waals surface area contributed by atoms with Crippen LogP contribution < -0.4 is 19.5 Å². The second-order valence-corrected chi connectivity index (χ2v) is 7.11. The highest BCUT2D eigenvalue weighted by Crippen LogP contribution is 2.21. The number of hydrogen-bond acceptors (Lipinski definition) is 5. The third-order valence-corrected chi connectivity index (χ3v) is 4.83. The molecule has 0 aromatic heterocycles. The fraction of sp³-hybridized carbons (Fsp3) is 0.231. The van der Waals surface area contributed by atoms with Crippen LogP contribution in [0.4, 0.5) is 5.69 Å². The van der Waals surface area contributed by atoms with Gasteiger partial charge in [0.05, 0.1) is 12.7 Å². The van der Waals surface area contributed by atoms with Gasteiger partial charge in [-0.2, -0.15) is 0 Å². The summed E-state index contributed by atoms with van der Waals surface area (Å²) in [6.07, 6.45) is 0. The van der Waals surface area contributed by atoms with Crippen molar-refractivity contribution in [3.05, 3.63) is 84.4 Å². The van der Waals surface area contributed by atoms with Crippen molar-refractivity contribution in [3.63, 3.8) is 0 Å². The SMILES string of the molecule is CCN(CC(=O)Nc1cccc(OC)c1)C(=O)c1ccccc1OCCOc1ccccc1. The minimum atomic E-state index is -0.298. The maximum Gasteiger partial charge on any atom is 0.258 e. The van der Waals surface area contributed by atoms with Crippen LogP contribution in [0.2, 0.25) is 0 Å². The van der Waals surface area contributed by atoms with Crippen LogP contribution in [0.3, 0.4) is 0 Å². The molecule has 7 heteroatoms. The van der Waals surface area contributed by atoms with Crippen LogP contribution >= 0.6 is 0 Å². The number of rotatable bonds is 11. The first-order valence-electron chi connectivity index (χ1n) is 10.7. The van der Waals surface area contributed by atoms with E-state index in [9.17, 15) is 9.59 Å². The van der Waals surface area contributed by atoms with E-state index >= 15 is 0 Å². The second kappa shape index (κ2) is 12.1. The molecule has 0 saturated heterocycles. The van der Waals surface area contributed by atoms with E-state index in [0.29, 0.717) is 35.9 Å². The second-order valence-electron chi connectivity index (χ2n) is 7.11. The molecule has 33 heavy (non-hydrogen) atoms. The van der Waals surface area contributed by atoms with Crippen molar-refractivity contribution in [1.29, 1.82) is 0 Å². The molecule has 3 rings (SSSR count). The van der Waals surface area contributed by atoms with Crippen LogP contribution in [0.5, 0.6) is 17.2 Å². The Morgan fingerprint density at radius 2 is 1.55 bits per heavy atom. The number of nitrogens with one attached hydrogen (secondary N) is 1. The number of likely N-dealkylation sites (N-methyl/N-ethyl adjacent to an activating group) is 1. The van der Waals surface area contributed by atoms with Gasteiger partial charge in [-0.25, -0.2) is 0 Å². The van der Waals surface area contributed by atoms with Gasteiger partial charge < -0.3 is 24.4 Å². The topological polar surface area (TPSA) is 77.1 Å². The van der Waals surface area contributed by atoms with E-state index in [1.165, 1.54) is 4.90 Å². The van der Waals surface area contributed by atoms with Crippen LogP contribution in [0.25, 0.3) is 0 Å². The van der Waals surface area contributed by atoms with Gasteiger partial charge in [-0.3, -0.25) is 9.59 Å². The summed E-state index contributed by atoms with van der Waals surface area (Å²) < 4.78 is 16.6. The first kappa shape index (κ1) is 23.7. The lowest BCUT2D eigenvalue weighted by Gasteiger charge is -2.22. The van der Waals surface area contributed by atoms with E-state index in [1.54, 1.807) is 55.6 Å². The normalized spacial score (nSPS) is 10.2. The summed E-state index contributed by atoms with van der Waals surface area (Å²) in [5.74, 6) is 1.26. The molecule has 0 heterocycles. The van der Waals surface area contributed by atoms with Crippen molar-refractivity contribution in [2.45, 2.75) is 6.92 Å². The Balaban J connectivity index is 1.59. The molecule has 0 atom stereocenters. The highest BCUT2D eigenvalue weighted by molar-refractivity contribution is 6.01. The van der Waals surface area contributed by atoms with E-state index in [-0.39, 0.29) is 25.0 Å². The fourth-order valence-corrected chi connectivity index (χ4v) is 3.17. The van der Waals surface area contributed by atoms with Gasteiger partial charge in [-0.1, -0.05) is 36.4 Å². The number of para-hydroxylation sites is 2. The highest BCUT2D eigenvalue weighted by Gasteiger charge is 2.21. The largest absolute Gasteiger partial charge is 0.497 e. The van der Waals surface area contributed by atoms with Gasteiger partial charge in [0.2, 0.25) is 5.91 Å². The molecule has 1 N–H and O–H groups in total. The molecule has 0 saturated carbocycles. The predicted molar refractivity (Wildman–Crippen MR) is 127 cm³/mol. The van der Waals surface area contributed by atoms with Crippen LogP contribution in [-0.2, 0) is 4.79 Å². The molecule has 0 unspecified atom stereocenters. The van der Waals surface area contributed by atoms with Crippen molar-refractivity contribution in [2.75, 3.05) is 38.7 Å². The molecular weight excluding hydrogens is 420 g/mol. The molecular formula is C26H28N2O5. The summed E-state index contributed by atoms with van der Waals surface area (Å²) in [5.41, 5.74) is 0.998. The Morgan fingerprint density at radius 1 is 0.848 bits per heavy atom. The molecule has 3 aromatic carbocycles. The van der Waals surface area contributed by atoms with E-state index < -0.39 is 0 Å². The standard InChI is InChI=1S/C26H28N2O5/c1-3-28(19-25(29)27-20-10-9-13-22(18-20)31-2)26(30)23-14-7-8-15-24(23)33-17-16-32-21-11-5-4-6-12-21/h4-15,18H,3,16-17,19H2,1-2H3,(H,27,29). The van der Waals surface area contributed by atoms with Crippen molar-refractivity contribution in [3.8, 4) is 17.2 Å². The van der Waals surface area contributed by atoms with Gasteiger partial charge in [-0.05, 0) is 43.3 Å². The van der Waals surface area contributed by atoms with E-state index in [0.717, 1.165) is 5.75 Å². The summed E-state index contributed by atoms with van der Waals surface area (Å²) in [6, 6.07) is 23.5. The van der Waals surface area contributed by atoms with Crippen LogP contribution in [0.1, 0.15) is 17.3 Å². The zero-order chi connectivity index (χ0) is 23.5. The zero-order valence-corrected chi connectivity index (χ0v) is 18.8. The summed E-state index contributed by atoms with van der Waals surface area (Å²) >= 11 is 0. The van der Waals surface area contributed by atoms with Gasteiger partial charge in [0.15, 0.2) is 0 Å². The predicted octanol–water partition coefficient (Wildman–Crippen LogP) is 4.25. The van der Waals surface area contributed by atoms with Crippen LogP contribution in [0.15, 0.2) is 78.9 Å². The Kier molecular flexibility index (Phi) is 8.71. The van der Waals surface area contributed by atoms with Gasteiger partial charge >= 0.3 is 0 Å². The van der Waals surface area contributed by atoms with Crippen molar-refractivity contribution in [1.82, 2.24) is 4.90 Å². The van der Waals surface area contributed by atoms with Crippen molar-refractivity contribution < 1.29 is 23.8 Å². The number of methoxy groups -OCH3 is 1. The third-order valence-electron chi connectivity index (χ3n) is 4.83. The average Bonchev–Trinajstić information content (AvgIpc) is 2.85. The Hall–Kier alpha value is -4.00. The summed E-state index contributed by atoms with van der Waals surface area (Å²) in [7, 11) is 1.56. The molecule has 172 valence electrons. The molecule has 7 nitrogen and oxygen atoms in total. The lowest BCUT2D eigenvalue weighted by molar-refractivity contribution is -0.116. The fourth-order valence-electron chi connectivity index (χ4n) is 3.17. The van der Waals surface area contributed by atoms with Gasteiger partial charge in [0.25, 0.3) is 5.91 Å². The molecule has 0 radical (unpaired) electrons. The summed E-state index contributed by atoms with van der Waals surface area (Å²) in [4.78, 5) is 27.2. The smallest absolute Gasteiger partial charge is 0.258 e. The number of amides is 2. The number of ether oxygens (including phenoxy) is 3. The number of carbonyl (C=O) groups is 2. The van der Waals surface area contributed by atoms with Crippen molar-refractivity contribution >= 4 is 17.5 Å². The molecule has 0 aliphatic rings. The first-order valence-corrected chi connectivity index (χ1v) is 10.7. The van der Waals surface area contributed by atoms with Crippen molar-refractivity contribution in [2.24, 2.45) is 0 Å². The van der Waals surface area contributed by atoms with Crippen LogP contribution in [0, 0.1) is 0 Å². The lowest BCUT2D eigenvalue weighted by Crippen LogP contribution is -2.38. The number of carbonyl (C=O) groups excluding carboxylic acids is 2. The minimum absolute atomic E-state index is 0.0853. The quantitative estimate of drug-likeness (QED) is 0.444. The molecule has 0 spiro atoms. The van der Waals surface area contributed by atoms with Gasteiger partial charge in [0, 0.05) is 18.3 Å². The average molecular weight is 449 g/mol. The molecule has 3 aromatic rings. The van der Waals surface area contributed by atoms with E-state index in [1.807, 2.05) is 37.3 Å². The molecule has 0 bridgehead atoms. The first-order chi connectivity index (χ1) is 16.1. The molecule has 0 fully saturated rings. The minimum Gasteiger partial charge on any atom is -0.497 e. The van der Waals surface area contributed by atoms with E-state index in [2.05, 4.69) is 5.32 Å². The maximum atomic E-state index is 13.2. The van der Waals surface area contributed by atoms with Gasteiger partial charge in [-0.15, -0.1) is 0 Å². The Labute approximate surface area is 193 Å². The molecule has 0 aliphatic heterocycles. The highest BCUT2D eigenvalue weighted by atomic mass is 16.5. The Morgan fingerprint density at radius 3 is 2.30 bits per heavy atom. The lowest BCUT2D eigenvalue weighted by atomic mass is 10.1. The van der Waals surface area contributed by atoms with Gasteiger partial charge in [0.1, 0.15) is 37.0 Å². The molecule has 2 amide bonds. The number of benzene rings is 3. The third kappa shape index (κ3) is 7.00. The number of anilines is 1.